The van der Waals surface area contributed by atoms with E-state index in [0.717, 1.165) is 0 Å². The topological polar surface area (TPSA) is 66.8 Å². The Morgan fingerprint density at radius 1 is 1.69 bits per heavy atom. The van der Waals surface area contributed by atoms with Crippen LogP contribution >= 0.6 is 0 Å². The highest BCUT2D eigenvalue weighted by Crippen LogP contribution is 2.25. The molecule has 13 heavy (non-hydrogen) atoms. The molecule has 0 spiro atoms. The van der Waals surface area contributed by atoms with E-state index in [0.29, 0.717) is 19.4 Å². The maximum atomic E-state index is 10.4. The normalized spacial score (nSPS) is 30.3. The van der Waals surface area contributed by atoms with Crippen LogP contribution in [0.1, 0.15) is 26.2 Å². The molecule has 1 aliphatic rings. The lowest BCUT2D eigenvalue weighted by Gasteiger charge is -2.14. The second kappa shape index (κ2) is 4.58. The number of carboxylic acids is 1. The van der Waals surface area contributed by atoms with E-state index >= 15 is 0 Å². The van der Waals surface area contributed by atoms with Crippen molar-refractivity contribution < 1.29 is 19.7 Å². The number of hydrogen-bond acceptors (Lipinski definition) is 3. The molecule has 76 valence electrons. The summed E-state index contributed by atoms with van der Waals surface area (Å²) in [5, 5.41) is 18.0. The van der Waals surface area contributed by atoms with Crippen LogP contribution in [-0.2, 0) is 9.53 Å². The van der Waals surface area contributed by atoms with E-state index in [2.05, 4.69) is 0 Å². The number of aliphatic hydroxyl groups is 1. The van der Waals surface area contributed by atoms with Gasteiger partial charge in [-0.1, -0.05) is 6.92 Å². The van der Waals surface area contributed by atoms with Crippen LogP contribution in [0.3, 0.4) is 0 Å². The fourth-order valence-electron chi connectivity index (χ4n) is 1.64. The minimum atomic E-state index is -0.791. The first-order valence-corrected chi connectivity index (χ1v) is 4.65. The predicted molar refractivity (Wildman–Crippen MR) is 46.4 cm³/mol. The summed E-state index contributed by atoms with van der Waals surface area (Å²) < 4.78 is 5.31. The lowest BCUT2D eigenvalue weighted by Crippen LogP contribution is -2.24. The Hall–Kier alpha value is -0.610. The summed E-state index contributed by atoms with van der Waals surface area (Å²) in [7, 11) is 0. The van der Waals surface area contributed by atoms with E-state index in [1.807, 2.05) is 6.92 Å². The molecule has 0 aromatic carbocycles. The monoisotopic (exact) mass is 188 g/mol. The van der Waals surface area contributed by atoms with Gasteiger partial charge in [0, 0.05) is 0 Å². The highest BCUT2D eigenvalue weighted by molar-refractivity contribution is 5.67. The van der Waals surface area contributed by atoms with Gasteiger partial charge in [-0.3, -0.25) is 4.79 Å². The summed E-state index contributed by atoms with van der Waals surface area (Å²) >= 11 is 0. The van der Waals surface area contributed by atoms with Gasteiger partial charge in [-0.05, 0) is 18.8 Å². The summed E-state index contributed by atoms with van der Waals surface area (Å²) in [5.41, 5.74) is 0. The average Bonchev–Trinajstić information content (AvgIpc) is 2.50. The molecule has 1 rings (SSSR count). The van der Waals surface area contributed by atoms with Gasteiger partial charge in [-0.15, -0.1) is 0 Å². The molecule has 0 radical (unpaired) electrons. The molecule has 0 unspecified atom stereocenters. The third-order valence-electron chi connectivity index (χ3n) is 2.42. The van der Waals surface area contributed by atoms with Gasteiger partial charge in [0.1, 0.15) is 0 Å². The van der Waals surface area contributed by atoms with Gasteiger partial charge < -0.3 is 14.9 Å². The maximum absolute atomic E-state index is 10.4. The maximum Gasteiger partial charge on any atom is 0.303 e. The molecule has 1 fully saturated rings. The van der Waals surface area contributed by atoms with Gasteiger partial charge >= 0.3 is 5.97 Å². The van der Waals surface area contributed by atoms with Gasteiger partial charge in [0.2, 0.25) is 0 Å². The molecule has 4 nitrogen and oxygen atoms in total. The molecule has 1 saturated heterocycles. The van der Waals surface area contributed by atoms with Crippen molar-refractivity contribution in [3.05, 3.63) is 0 Å². The second-order valence-electron chi connectivity index (χ2n) is 3.55. The lowest BCUT2D eigenvalue weighted by molar-refractivity contribution is -0.138. The number of aliphatic hydroxyl groups excluding tert-OH is 1. The summed E-state index contributed by atoms with van der Waals surface area (Å²) in [6.45, 7) is 2.35. The number of hydrogen-bond donors (Lipinski definition) is 2. The van der Waals surface area contributed by atoms with Gasteiger partial charge in [0.15, 0.2) is 0 Å². The summed E-state index contributed by atoms with van der Waals surface area (Å²) in [4.78, 5) is 10.4. The molecule has 1 aliphatic heterocycles. The number of rotatable bonds is 4. The number of carbonyl (C=O) groups is 1. The van der Waals surface area contributed by atoms with Crippen LogP contribution in [-0.4, -0.2) is 35.0 Å². The average molecular weight is 188 g/mol. The zero-order valence-electron chi connectivity index (χ0n) is 7.77. The van der Waals surface area contributed by atoms with Crippen LogP contribution in [0.5, 0.6) is 0 Å². The van der Waals surface area contributed by atoms with Crippen molar-refractivity contribution in [2.45, 2.75) is 38.4 Å². The number of aliphatic carboxylic acids is 1. The standard InChI is InChI=1S/C9H16O4/c1-2-7(10)8-3-6(5-13-8)4-9(11)12/h6-8,10H,2-5H2,1H3,(H,11,12)/t6-,7+,8-/m0/s1. The van der Waals surface area contributed by atoms with Crippen molar-refractivity contribution in [1.82, 2.24) is 0 Å². The first-order valence-electron chi connectivity index (χ1n) is 4.65. The van der Waals surface area contributed by atoms with Crippen molar-refractivity contribution >= 4 is 5.97 Å². The van der Waals surface area contributed by atoms with Crippen molar-refractivity contribution in [2.24, 2.45) is 5.92 Å². The van der Waals surface area contributed by atoms with E-state index in [1.165, 1.54) is 0 Å². The van der Waals surface area contributed by atoms with Gasteiger partial charge in [0.05, 0.1) is 25.2 Å². The molecule has 0 aromatic heterocycles. The molecule has 0 bridgehead atoms. The molecule has 3 atom stereocenters. The van der Waals surface area contributed by atoms with E-state index < -0.39 is 12.1 Å². The quantitative estimate of drug-likeness (QED) is 0.679. The van der Waals surface area contributed by atoms with Crippen LogP contribution < -0.4 is 0 Å². The third kappa shape index (κ3) is 2.97. The Labute approximate surface area is 77.5 Å². The Bertz CT molecular complexity index is 180. The molecule has 0 amide bonds. The number of carboxylic acid groups (broad SMARTS) is 1. The molecule has 2 N–H and O–H groups in total. The Morgan fingerprint density at radius 3 is 2.92 bits per heavy atom. The highest BCUT2D eigenvalue weighted by Gasteiger charge is 2.30. The summed E-state index contributed by atoms with van der Waals surface area (Å²) in [5.74, 6) is -0.719. The Morgan fingerprint density at radius 2 is 2.38 bits per heavy atom. The molecule has 4 heteroatoms. The van der Waals surface area contributed by atoms with Crippen molar-refractivity contribution in [3.8, 4) is 0 Å². The summed E-state index contributed by atoms with van der Waals surface area (Å²) in [6, 6.07) is 0. The molecular formula is C9H16O4. The van der Waals surface area contributed by atoms with Gasteiger partial charge in [0.25, 0.3) is 0 Å². The highest BCUT2D eigenvalue weighted by atomic mass is 16.5. The minimum Gasteiger partial charge on any atom is -0.481 e. The fraction of sp³-hybridized carbons (Fsp3) is 0.889. The van der Waals surface area contributed by atoms with Crippen molar-refractivity contribution in [1.29, 1.82) is 0 Å². The zero-order valence-corrected chi connectivity index (χ0v) is 7.77. The van der Waals surface area contributed by atoms with E-state index in [9.17, 15) is 9.90 Å². The minimum absolute atomic E-state index is 0.0729. The SMILES string of the molecule is CC[C@@H](O)[C@@H]1C[C@@H](CC(=O)O)CO1. The Kier molecular flexibility index (Phi) is 3.69. The Balaban J connectivity index is 2.31. The van der Waals surface area contributed by atoms with Gasteiger partial charge in [-0.25, -0.2) is 0 Å². The predicted octanol–water partition coefficient (Wildman–Crippen LogP) is 0.637. The van der Waals surface area contributed by atoms with E-state index in [1.54, 1.807) is 0 Å². The first-order chi connectivity index (χ1) is 6.13. The largest absolute Gasteiger partial charge is 0.481 e. The molecule has 0 saturated carbocycles. The van der Waals surface area contributed by atoms with E-state index in [-0.39, 0.29) is 18.4 Å². The smallest absolute Gasteiger partial charge is 0.303 e. The lowest BCUT2D eigenvalue weighted by atomic mass is 9.99. The second-order valence-corrected chi connectivity index (χ2v) is 3.55. The van der Waals surface area contributed by atoms with Gasteiger partial charge in [-0.2, -0.15) is 0 Å². The third-order valence-corrected chi connectivity index (χ3v) is 2.42. The van der Waals surface area contributed by atoms with Crippen LogP contribution in [0.15, 0.2) is 0 Å². The first kappa shape index (κ1) is 10.5. The fourth-order valence-corrected chi connectivity index (χ4v) is 1.64. The van der Waals surface area contributed by atoms with Crippen molar-refractivity contribution in [3.63, 3.8) is 0 Å². The molecule has 0 aromatic rings. The van der Waals surface area contributed by atoms with E-state index in [4.69, 9.17) is 9.84 Å². The van der Waals surface area contributed by atoms with Crippen molar-refractivity contribution in [2.75, 3.05) is 6.61 Å². The molecular weight excluding hydrogens is 172 g/mol. The summed E-state index contributed by atoms with van der Waals surface area (Å²) in [6.07, 6.45) is 0.867. The zero-order chi connectivity index (χ0) is 9.84. The van der Waals surface area contributed by atoms with Crippen LogP contribution in [0, 0.1) is 5.92 Å². The van der Waals surface area contributed by atoms with Crippen LogP contribution in [0.4, 0.5) is 0 Å². The van der Waals surface area contributed by atoms with Crippen LogP contribution in [0.2, 0.25) is 0 Å². The molecule has 1 heterocycles. The molecule has 0 aliphatic carbocycles. The van der Waals surface area contributed by atoms with Crippen LogP contribution in [0.25, 0.3) is 0 Å². The number of ether oxygens (including phenoxy) is 1.